The van der Waals surface area contributed by atoms with Gasteiger partial charge in [-0.3, -0.25) is 9.69 Å². The lowest BCUT2D eigenvalue weighted by Gasteiger charge is -2.48. The second-order valence-electron chi connectivity index (χ2n) is 9.37. The van der Waals surface area contributed by atoms with Gasteiger partial charge in [0.05, 0.1) is 6.54 Å². The summed E-state index contributed by atoms with van der Waals surface area (Å²) >= 11 is 2.95. The molecular weight excluding hydrogens is 522 g/mol. The largest absolute Gasteiger partial charge is 0.511 e. The van der Waals surface area contributed by atoms with E-state index in [4.69, 9.17) is 19.9 Å². The number of thioether (sulfide) groups is 2. The Balaban J connectivity index is 1.35. The third-order valence-electron chi connectivity index (χ3n) is 6.20. The topological polar surface area (TPSA) is 155 Å². The van der Waals surface area contributed by atoms with Crippen LogP contribution < -0.4 is 5.73 Å². The smallest absolute Gasteiger partial charge is 0.431 e. The highest BCUT2D eigenvalue weighted by molar-refractivity contribution is 8.03. The number of nitrogens with zero attached hydrogens (tertiary/aromatic N) is 6. The molecule has 0 bridgehead atoms. The minimum atomic E-state index is -1.18. The molecule has 13 nitrogen and oxygen atoms in total. The molecule has 1 aliphatic carbocycles. The van der Waals surface area contributed by atoms with Crippen molar-refractivity contribution in [2.24, 2.45) is 5.73 Å². The van der Waals surface area contributed by atoms with Gasteiger partial charge in [-0.1, -0.05) is 18.2 Å². The molecule has 1 saturated carbocycles. The van der Waals surface area contributed by atoms with E-state index in [2.05, 4.69) is 15.5 Å². The third kappa shape index (κ3) is 6.94. The van der Waals surface area contributed by atoms with E-state index in [1.807, 2.05) is 19.0 Å². The van der Waals surface area contributed by atoms with Crippen LogP contribution in [0, 0.1) is 0 Å². The predicted molar refractivity (Wildman–Crippen MR) is 135 cm³/mol. The summed E-state index contributed by atoms with van der Waals surface area (Å²) in [7, 11) is 3.95. The van der Waals surface area contributed by atoms with E-state index in [1.165, 1.54) is 35.3 Å². The highest BCUT2D eigenvalue weighted by Crippen LogP contribution is 2.41. The Kier molecular flexibility index (Phi) is 9.31. The van der Waals surface area contributed by atoms with E-state index in [-0.39, 0.29) is 28.3 Å². The number of carbonyl (C=O) groups excluding carboxylic acids is 3. The average Bonchev–Trinajstić information content (AvgIpc) is 3.32. The molecule has 0 aromatic carbocycles. The Morgan fingerprint density at radius 2 is 2.03 bits per heavy atom. The minimum Gasteiger partial charge on any atom is -0.431 e. The molecule has 2 fully saturated rings. The van der Waals surface area contributed by atoms with Crippen LogP contribution in [0.25, 0.3) is 0 Å². The molecule has 15 heteroatoms. The fraction of sp³-hybridized carbons (Fsp3) is 0.727. The predicted octanol–water partition coefficient (Wildman–Crippen LogP) is 1.20. The van der Waals surface area contributed by atoms with Gasteiger partial charge in [0.25, 0.3) is 0 Å². The summed E-state index contributed by atoms with van der Waals surface area (Å²) in [6, 6.07) is -0.710. The van der Waals surface area contributed by atoms with Gasteiger partial charge in [0, 0.05) is 24.5 Å². The maximum atomic E-state index is 13.0. The third-order valence-corrected chi connectivity index (χ3v) is 8.92. The van der Waals surface area contributed by atoms with Gasteiger partial charge >= 0.3 is 12.1 Å². The average molecular weight is 556 g/mol. The van der Waals surface area contributed by atoms with Gasteiger partial charge in [0.15, 0.2) is 0 Å². The quantitative estimate of drug-likeness (QED) is 0.190. The molecule has 204 valence electrons. The second kappa shape index (κ2) is 12.5. The number of nitrogens with two attached hydrogens (primary N) is 1. The molecule has 2 aliphatic heterocycles. The number of hydrogen-bond donors (Lipinski definition) is 1. The summed E-state index contributed by atoms with van der Waals surface area (Å²) in [5.74, 6) is -0.575. The number of tetrazole rings is 1. The van der Waals surface area contributed by atoms with Crippen LogP contribution in [0.5, 0.6) is 0 Å². The molecule has 1 aromatic rings. The van der Waals surface area contributed by atoms with Crippen LogP contribution in [0.2, 0.25) is 0 Å². The number of likely N-dealkylation sites (N-methyl/N-ethyl adjacent to an activating group) is 1. The van der Waals surface area contributed by atoms with Crippen molar-refractivity contribution in [2.45, 2.75) is 79.8 Å². The van der Waals surface area contributed by atoms with Crippen LogP contribution in [0.15, 0.2) is 16.9 Å². The number of ether oxygens (including phenoxy) is 3. The molecule has 4 rings (SSSR count). The zero-order valence-electron chi connectivity index (χ0n) is 21.1. The number of aromatic nitrogens is 4. The maximum Gasteiger partial charge on any atom is 0.511 e. The molecule has 2 N–H and O–H groups in total. The first kappa shape index (κ1) is 27.7. The first-order chi connectivity index (χ1) is 17.7. The lowest BCUT2D eigenvalue weighted by atomic mass is 9.98. The number of carbonyl (C=O) groups is 3. The summed E-state index contributed by atoms with van der Waals surface area (Å²) in [5, 5.41) is 12.0. The normalized spacial score (nSPS) is 24.7. The molecule has 0 radical (unpaired) electrons. The first-order valence-electron chi connectivity index (χ1n) is 12.3. The molecule has 1 saturated heterocycles. The van der Waals surface area contributed by atoms with E-state index in [9.17, 15) is 14.4 Å². The summed E-state index contributed by atoms with van der Waals surface area (Å²) in [6.07, 6.45) is 4.19. The number of amides is 1. The number of fused-ring (bicyclic) bond motifs is 1. The van der Waals surface area contributed by atoms with Crippen molar-refractivity contribution in [3.05, 3.63) is 11.8 Å². The molecule has 3 heterocycles. The van der Waals surface area contributed by atoms with Crippen molar-refractivity contribution in [3.63, 3.8) is 0 Å². The SMILES string of the molecule is CC(OC(=O)OC1CCCCC1)OC(=O)C1=CC(CSc2nnnn2CCN(C)C)SC2C(N)C(=O)N12. The van der Waals surface area contributed by atoms with Crippen LogP contribution in [-0.2, 0) is 30.3 Å². The van der Waals surface area contributed by atoms with Crippen molar-refractivity contribution in [2.75, 3.05) is 26.4 Å². The van der Waals surface area contributed by atoms with E-state index in [1.54, 1.807) is 10.8 Å². The molecule has 1 amide bonds. The Bertz CT molecular complexity index is 1020. The molecule has 4 atom stereocenters. The maximum absolute atomic E-state index is 13.0. The lowest BCUT2D eigenvalue weighted by Crippen LogP contribution is -2.68. The van der Waals surface area contributed by atoms with Crippen LogP contribution in [0.3, 0.4) is 0 Å². The van der Waals surface area contributed by atoms with Gasteiger partial charge in [-0.15, -0.1) is 16.9 Å². The van der Waals surface area contributed by atoms with Crippen LogP contribution in [0.1, 0.15) is 39.0 Å². The number of hydrogen-bond acceptors (Lipinski definition) is 13. The van der Waals surface area contributed by atoms with Gasteiger partial charge in [0.1, 0.15) is 23.2 Å². The highest BCUT2D eigenvalue weighted by atomic mass is 32.2. The van der Waals surface area contributed by atoms with Crippen molar-refractivity contribution < 1.29 is 28.6 Å². The molecule has 4 unspecified atom stereocenters. The summed E-state index contributed by atoms with van der Waals surface area (Å²) < 4.78 is 17.5. The zero-order chi connectivity index (χ0) is 26.5. The van der Waals surface area contributed by atoms with Crippen molar-refractivity contribution in [1.29, 1.82) is 0 Å². The van der Waals surface area contributed by atoms with E-state index in [0.29, 0.717) is 17.5 Å². The zero-order valence-corrected chi connectivity index (χ0v) is 22.8. The Morgan fingerprint density at radius 1 is 1.27 bits per heavy atom. The van der Waals surface area contributed by atoms with E-state index in [0.717, 1.165) is 38.6 Å². The lowest BCUT2D eigenvalue weighted by molar-refractivity contribution is -0.169. The van der Waals surface area contributed by atoms with Gasteiger partial charge in [-0.25, -0.2) is 14.3 Å². The standard InChI is InChI=1S/C22H33N7O6S2/c1-13(34-22(32)35-14-7-5-4-6-8-14)33-20(31)16-11-15(37-19-17(23)18(30)29(16)19)12-36-21-24-25-26-28(21)10-9-27(2)3/h11,13-15,17,19H,4-10,12,23H2,1-3H3. The molecule has 37 heavy (non-hydrogen) atoms. The van der Waals surface area contributed by atoms with Crippen molar-refractivity contribution >= 4 is 41.6 Å². The van der Waals surface area contributed by atoms with Crippen LogP contribution in [0.4, 0.5) is 4.79 Å². The summed E-state index contributed by atoms with van der Waals surface area (Å²) in [4.78, 5) is 40.9. The number of esters is 1. The van der Waals surface area contributed by atoms with Gasteiger partial charge in [0.2, 0.25) is 17.4 Å². The van der Waals surface area contributed by atoms with Gasteiger partial charge in [-0.2, -0.15) is 0 Å². The number of rotatable bonds is 10. The molecular formula is C22H33N7O6S2. The minimum absolute atomic E-state index is 0.0874. The van der Waals surface area contributed by atoms with E-state index < -0.39 is 24.5 Å². The summed E-state index contributed by atoms with van der Waals surface area (Å²) in [5.41, 5.74) is 6.10. The number of β-lactam (4-membered cyclic amide) rings is 1. The van der Waals surface area contributed by atoms with Crippen LogP contribution in [-0.4, -0.2) is 103 Å². The first-order valence-corrected chi connectivity index (χ1v) is 14.2. The fourth-order valence-corrected chi connectivity index (χ4v) is 6.71. The van der Waals surface area contributed by atoms with Gasteiger partial charge in [-0.05, 0) is 56.3 Å². The van der Waals surface area contributed by atoms with Crippen LogP contribution >= 0.6 is 23.5 Å². The van der Waals surface area contributed by atoms with E-state index >= 15 is 0 Å². The fourth-order valence-electron chi connectivity index (χ4n) is 4.23. The van der Waals surface area contributed by atoms with Crippen molar-refractivity contribution in [3.8, 4) is 0 Å². The monoisotopic (exact) mass is 555 g/mol. The Labute approximate surface area is 223 Å². The Morgan fingerprint density at radius 3 is 2.76 bits per heavy atom. The molecule has 1 aromatic heterocycles. The van der Waals surface area contributed by atoms with Crippen molar-refractivity contribution in [1.82, 2.24) is 30.0 Å². The molecule has 3 aliphatic rings. The van der Waals surface area contributed by atoms with Gasteiger partial charge < -0.3 is 24.8 Å². The highest BCUT2D eigenvalue weighted by Gasteiger charge is 2.52. The second-order valence-corrected chi connectivity index (χ2v) is 11.7. The molecule has 0 spiro atoms. The summed E-state index contributed by atoms with van der Waals surface area (Å²) in [6.45, 7) is 2.86. The Hall–Kier alpha value is -2.36.